The molecular weight excluding hydrogens is 442 g/mol. The van der Waals surface area contributed by atoms with Gasteiger partial charge < -0.3 is 14.9 Å². The number of aromatic nitrogens is 1. The summed E-state index contributed by atoms with van der Waals surface area (Å²) in [5.74, 6) is -5.99. The van der Waals surface area contributed by atoms with Gasteiger partial charge in [0.05, 0.1) is 37.1 Å². The number of carboxylic acid groups (broad SMARTS) is 2. The number of pyridine rings is 1. The Hall–Kier alpha value is -3.79. The van der Waals surface area contributed by atoms with Crippen LogP contribution in [-0.2, 0) is 25.7 Å². The van der Waals surface area contributed by atoms with Crippen molar-refractivity contribution in [1.82, 2.24) is 15.2 Å². The van der Waals surface area contributed by atoms with E-state index in [1.807, 2.05) is 6.92 Å². The highest BCUT2D eigenvalue weighted by atomic mass is 16.5. The maximum Gasteiger partial charge on any atom is 0.325 e. The Bertz CT molecular complexity index is 1110. The molecule has 4 rings (SSSR count). The highest BCUT2D eigenvalue weighted by Crippen LogP contribution is 2.50. The molecule has 2 fully saturated rings. The van der Waals surface area contributed by atoms with E-state index in [0.29, 0.717) is 23.6 Å². The maximum absolute atomic E-state index is 13.5. The van der Waals surface area contributed by atoms with Crippen LogP contribution in [0.3, 0.4) is 0 Å². The Morgan fingerprint density at radius 2 is 1.85 bits per heavy atom. The van der Waals surface area contributed by atoms with Crippen LogP contribution in [0, 0.1) is 11.8 Å². The van der Waals surface area contributed by atoms with E-state index in [1.54, 1.807) is 42.5 Å². The molecule has 2 aliphatic rings. The molecular formula is C24H25N3O7. The van der Waals surface area contributed by atoms with Crippen LogP contribution in [-0.4, -0.2) is 56.0 Å². The first kappa shape index (κ1) is 23.4. The first-order valence-electron chi connectivity index (χ1n) is 11.0. The number of aliphatic carboxylic acids is 2. The van der Waals surface area contributed by atoms with Crippen molar-refractivity contribution in [2.75, 3.05) is 6.61 Å². The van der Waals surface area contributed by atoms with Gasteiger partial charge in [0, 0.05) is 12.2 Å². The van der Waals surface area contributed by atoms with Gasteiger partial charge in [-0.2, -0.15) is 0 Å². The molecule has 4 atom stereocenters. The quantitative estimate of drug-likeness (QED) is 0.468. The lowest BCUT2D eigenvalue weighted by Gasteiger charge is -2.29. The summed E-state index contributed by atoms with van der Waals surface area (Å²) in [5.41, 5.74) is -1.11. The molecule has 10 heteroatoms. The van der Waals surface area contributed by atoms with Crippen LogP contribution in [0.15, 0.2) is 48.7 Å². The molecule has 0 spiro atoms. The second-order valence-corrected chi connectivity index (χ2v) is 8.47. The predicted molar refractivity (Wildman–Crippen MR) is 117 cm³/mol. The molecule has 4 unspecified atom stereocenters. The smallest absolute Gasteiger partial charge is 0.325 e. The number of ether oxygens (including phenoxy) is 1. The number of likely N-dealkylation sites (tertiary alicyclic amines) is 1. The number of hydrogen-bond donors (Lipinski definition) is 3. The third-order valence-corrected chi connectivity index (χ3v) is 6.32. The zero-order chi connectivity index (χ0) is 24.5. The summed E-state index contributed by atoms with van der Waals surface area (Å²) < 4.78 is 5.58. The van der Waals surface area contributed by atoms with Crippen molar-refractivity contribution in [2.45, 2.75) is 37.9 Å². The molecule has 2 aromatic rings. The van der Waals surface area contributed by atoms with Crippen molar-refractivity contribution in [2.24, 2.45) is 11.8 Å². The molecule has 2 aliphatic heterocycles. The second kappa shape index (κ2) is 9.22. The summed E-state index contributed by atoms with van der Waals surface area (Å²) in [6, 6.07) is 11.0. The topological polar surface area (TPSA) is 146 Å². The first-order chi connectivity index (χ1) is 16.3. The Kier molecular flexibility index (Phi) is 6.34. The number of rotatable bonds is 9. The molecule has 0 bridgehead atoms. The zero-order valence-corrected chi connectivity index (χ0v) is 18.5. The number of nitrogens with zero attached hydrogens (tertiary/aromatic N) is 2. The fraction of sp³-hybridized carbons (Fsp3) is 0.375. The normalized spacial score (nSPS) is 25.9. The van der Waals surface area contributed by atoms with E-state index in [0.717, 1.165) is 11.3 Å². The largest absolute Gasteiger partial charge is 0.494 e. The predicted octanol–water partition coefficient (Wildman–Crippen LogP) is 1.61. The number of benzene rings is 1. The Balaban J connectivity index is 1.74. The number of carbonyl (C=O) groups is 4. The van der Waals surface area contributed by atoms with Crippen LogP contribution in [0.4, 0.5) is 0 Å². The van der Waals surface area contributed by atoms with Gasteiger partial charge in [0.25, 0.3) is 0 Å². The van der Waals surface area contributed by atoms with Crippen molar-refractivity contribution in [3.63, 3.8) is 0 Å². The highest BCUT2D eigenvalue weighted by molar-refractivity contribution is 6.10. The van der Waals surface area contributed by atoms with Gasteiger partial charge in [-0.1, -0.05) is 25.1 Å². The van der Waals surface area contributed by atoms with Crippen LogP contribution in [0.25, 0.3) is 0 Å². The number of amides is 2. The molecule has 2 saturated heterocycles. The van der Waals surface area contributed by atoms with E-state index in [4.69, 9.17) is 4.74 Å². The van der Waals surface area contributed by atoms with Gasteiger partial charge in [0.1, 0.15) is 11.3 Å². The van der Waals surface area contributed by atoms with E-state index in [2.05, 4.69) is 10.3 Å². The molecule has 34 heavy (non-hydrogen) atoms. The summed E-state index contributed by atoms with van der Waals surface area (Å²) in [5, 5.41) is 22.5. The number of hydrogen-bond acceptors (Lipinski definition) is 7. The fourth-order valence-electron chi connectivity index (χ4n) is 4.82. The monoisotopic (exact) mass is 467 g/mol. The third kappa shape index (κ3) is 4.01. The summed E-state index contributed by atoms with van der Waals surface area (Å²) >= 11 is 0. The van der Waals surface area contributed by atoms with Crippen molar-refractivity contribution in [3.8, 4) is 5.75 Å². The van der Waals surface area contributed by atoms with Gasteiger partial charge in [-0.3, -0.25) is 34.4 Å². The van der Waals surface area contributed by atoms with Crippen LogP contribution < -0.4 is 10.1 Å². The van der Waals surface area contributed by atoms with Gasteiger partial charge >= 0.3 is 11.9 Å². The Morgan fingerprint density at radius 3 is 2.44 bits per heavy atom. The minimum Gasteiger partial charge on any atom is -0.494 e. The number of fused-ring (bicyclic) bond motifs is 1. The van der Waals surface area contributed by atoms with E-state index < -0.39 is 53.6 Å². The molecule has 0 saturated carbocycles. The number of nitrogens with one attached hydrogen (secondary N) is 1. The van der Waals surface area contributed by atoms with Crippen LogP contribution in [0.5, 0.6) is 5.75 Å². The van der Waals surface area contributed by atoms with Gasteiger partial charge in [-0.05, 0) is 36.2 Å². The average Bonchev–Trinajstić information content (AvgIpc) is 3.28. The zero-order valence-electron chi connectivity index (χ0n) is 18.5. The highest BCUT2D eigenvalue weighted by Gasteiger charge is 2.69. The molecule has 178 valence electrons. The van der Waals surface area contributed by atoms with E-state index in [-0.39, 0.29) is 6.54 Å². The Labute approximate surface area is 195 Å². The summed E-state index contributed by atoms with van der Waals surface area (Å²) in [6.45, 7) is 2.39. The molecule has 3 heterocycles. The van der Waals surface area contributed by atoms with Crippen molar-refractivity contribution >= 4 is 23.8 Å². The third-order valence-electron chi connectivity index (χ3n) is 6.32. The lowest BCUT2D eigenvalue weighted by atomic mass is 9.77. The molecule has 0 aliphatic carbocycles. The standard InChI is InChI=1S/C24H25N3O7/c1-2-11-34-16-8-6-14(7-9-16)20-18-19(24(26-20,23(32)33)12-17(28)29)22(31)27(21(18)30)13-15-5-3-4-10-25-15/h3-10,18-20,26H,2,11-13H2,1H3,(H,28,29)(H,32,33). The van der Waals surface area contributed by atoms with Crippen molar-refractivity contribution < 1.29 is 34.1 Å². The van der Waals surface area contributed by atoms with E-state index >= 15 is 0 Å². The summed E-state index contributed by atoms with van der Waals surface area (Å²) in [7, 11) is 0. The van der Waals surface area contributed by atoms with Crippen LogP contribution in [0.1, 0.15) is 37.1 Å². The summed E-state index contributed by atoms with van der Waals surface area (Å²) in [4.78, 5) is 56.1. The fourth-order valence-corrected chi connectivity index (χ4v) is 4.82. The number of imide groups is 1. The van der Waals surface area contributed by atoms with Gasteiger partial charge in [0.2, 0.25) is 11.8 Å². The van der Waals surface area contributed by atoms with Gasteiger partial charge in [-0.15, -0.1) is 0 Å². The SMILES string of the molecule is CCCOc1ccc(C2NC(CC(=O)O)(C(=O)O)C3C(=O)N(Cc4ccccn4)C(=O)C23)cc1. The van der Waals surface area contributed by atoms with Crippen molar-refractivity contribution in [3.05, 3.63) is 59.9 Å². The van der Waals surface area contributed by atoms with Gasteiger partial charge in [-0.25, -0.2) is 0 Å². The van der Waals surface area contributed by atoms with Crippen LogP contribution in [0.2, 0.25) is 0 Å². The molecule has 1 aromatic carbocycles. The number of carboxylic acids is 2. The Morgan fingerprint density at radius 1 is 1.12 bits per heavy atom. The van der Waals surface area contributed by atoms with Crippen molar-refractivity contribution in [1.29, 1.82) is 0 Å². The number of carbonyl (C=O) groups excluding carboxylic acids is 2. The molecule has 10 nitrogen and oxygen atoms in total. The lowest BCUT2D eigenvalue weighted by Crippen LogP contribution is -2.56. The molecule has 0 radical (unpaired) electrons. The first-order valence-corrected chi connectivity index (χ1v) is 11.0. The molecule has 2 amide bonds. The lowest BCUT2D eigenvalue weighted by molar-refractivity contribution is -0.156. The summed E-state index contributed by atoms with van der Waals surface area (Å²) in [6.07, 6.45) is 1.50. The van der Waals surface area contributed by atoms with Gasteiger partial charge in [0.15, 0.2) is 0 Å². The molecule has 1 aromatic heterocycles. The molecule has 3 N–H and O–H groups in total. The minimum atomic E-state index is -2.13. The van der Waals surface area contributed by atoms with Crippen LogP contribution >= 0.6 is 0 Å². The average molecular weight is 467 g/mol. The minimum absolute atomic E-state index is 0.120. The van der Waals surface area contributed by atoms with E-state index in [1.165, 1.54) is 6.20 Å². The maximum atomic E-state index is 13.5. The second-order valence-electron chi connectivity index (χ2n) is 8.47. The van der Waals surface area contributed by atoms with E-state index in [9.17, 15) is 29.4 Å².